The third kappa shape index (κ3) is 2.15. The highest BCUT2D eigenvalue weighted by molar-refractivity contribution is 6.99. The smallest absolute Gasteiger partial charge is 0.275 e. The van der Waals surface area contributed by atoms with E-state index in [-0.39, 0.29) is 5.91 Å². The zero-order chi connectivity index (χ0) is 10.7. The van der Waals surface area contributed by atoms with Crippen LogP contribution in [0.4, 0.5) is 0 Å². The minimum Gasteiger partial charge on any atom is -0.332 e. The van der Waals surface area contributed by atoms with Crippen LogP contribution < -0.4 is 5.32 Å². The molecule has 1 aliphatic heterocycles. The Morgan fingerprint density at radius 1 is 1.73 bits per heavy atom. The first-order chi connectivity index (χ1) is 7.33. The fraction of sp³-hybridized carbons (Fsp3) is 0.667. The van der Waals surface area contributed by atoms with Crippen LogP contribution in [0.25, 0.3) is 0 Å². The van der Waals surface area contributed by atoms with E-state index in [0.29, 0.717) is 11.7 Å². The predicted octanol–water partition coefficient (Wildman–Crippen LogP) is 0.362. The summed E-state index contributed by atoms with van der Waals surface area (Å²) < 4.78 is 7.84. The van der Waals surface area contributed by atoms with E-state index in [1.165, 1.54) is 0 Å². The van der Waals surface area contributed by atoms with Crippen molar-refractivity contribution in [1.82, 2.24) is 19.0 Å². The van der Waals surface area contributed by atoms with Crippen LogP contribution in [0.2, 0.25) is 0 Å². The number of nitrogens with one attached hydrogen (secondary N) is 1. The summed E-state index contributed by atoms with van der Waals surface area (Å²) in [6.07, 6.45) is 2.52. The highest BCUT2D eigenvalue weighted by atomic mass is 32.1. The van der Waals surface area contributed by atoms with Gasteiger partial charge >= 0.3 is 0 Å². The van der Waals surface area contributed by atoms with Crippen LogP contribution in [0.1, 0.15) is 23.8 Å². The summed E-state index contributed by atoms with van der Waals surface area (Å²) in [7, 11) is 0. The van der Waals surface area contributed by atoms with E-state index in [9.17, 15) is 4.79 Å². The number of hydrogen-bond donors (Lipinski definition) is 1. The van der Waals surface area contributed by atoms with Gasteiger partial charge in [-0.1, -0.05) is 6.92 Å². The fourth-order valence-electron chi connectivity index (χ4n) is 1.59. The molecule has 1 fully saturated rings. The van der Waals surface area contributed by atoms with Crippen LogP contribution in [0.3, 0.4) is 0 Å². The third-order valence-corrected chi connectivity index (χ3v) is 2.98. The number of nitrogens with zero attached hydrogens (tertiary/aromatic N) is 3. The van der Waals surface area contributed by atoms with Gasteiger partial charge in [0.15, 0.2) is 5.69 Å². The molecule has 5 nitrogen and oxygen atoms in total. The van der Waals surface area contributed by atoms with Crippen LogP contribution >= 0.6 is 11.7 Å². The number of aromatic nitrogens is 2. The summed E-state index contributed by atoms with van der Waals surface area (Å²) in [4.78, 5) is 13.9. The number of rotatable bonds is 4. The molecule has 0 bridgehead atoms. The van der Waals surface area contributed by atoms with E-state index in [4.69, 9.17) is 0 Å². The number of hydrogen-bond acceptors (Lipinski definition) is 5. The van der Waals surface area contributed by atoms with Crippen molar-refractivity contribution in [1.29, 1.82) is 0 Å². The van der Waals surface area contributed by atoms with Gasteiger partial charge in [-0.3, -0.25) is 4.79 Å². The Balaban J connectivity index is 2.06. The Morgan fingerprint density at radius 2 is 2.53 bits per heavy atom. The zero-order valence-corrected chi connectivity index (χ0v) is 9.46. The van der Waals surface area contributed by atoms with Gasteiger partial charge in [0.25, 0.3) is 5.91 Å². The molecule has 0 radical (unpaired) electrons. The quantitative estimate of drug-likeness (QED) is 0.805. The van der Waals surface area contributed by atoms with Crippen molar-refractivity contribution in [3.63, 3.8) is 0 Å². The van der Waals surface area contributed by atoms with E-state index >= 15 is 0 Å². The van der Waals surface area contributed by atoms with E-state index in [1.807, 2.05) is 4.90 Å². The number of carbonyl (C=O) groups is 1. The first kappa shape index (κ1) is 10.5. The predicted molar refractivity (Wildman–Crippen MR) is 57.9 cm³/mol. The molecule has 1 N–H and O–H groups in total. The topological polar surface area (TPSA) is 58.1 Å². The van der Waals surface area contributed by atoms with Crippen molar-refractivity contribution in [2.75, 3.05) is 19.6 Å². The van der Waals surface area contributed by atoms with Gasteiger partial charge in [-0.2, -0.15) is 8.75 Å². The standard InChI is InChI=1S/C9H14N4OS/c1-2-3-13(7-4-10-5-7)9(14)8-6-11-15-12-8/h6-7,10H,2-5H2,1H3. The SMILES string of the molecule is CCCN(C(=O)c1cnsn1)C1CNC1. The molecule has 0 aromatic carbocycles. The minimum atomic E-state index is 0.0112. The molecule has 2 heterocycles. The average Bonchev–Trinajstić information content (AvgIpc) is 2.66. The molecular formula is C9H14N4OS. The van der Waals surface area contributed by atoms with Gasteiger partial charge in [0.2, 0.25) is 0 Å². The van der Waals surface area contributed by atoms with Crippen molar-refractivity contribution in [2.24, 2.45) is 0 Å². The normalized spacial score (nSPS) is 16.1. The highest BCUT2D eigenvalue weighted by Crippen LogP contribution is 2.11. The van der Waals surface area contributed by atoms with Crippen LogP contribution in [0, 0.1) is 0 Å². The number of carbonyl (C=O) groups excluding carboxylic acids is 1. The molecule has 0 atom stereocenters. The molecule has 1 aromatic rings. The summed E-state index contributed by atoms with van der Waals surface area (Å²) in [6.45, 7) is 4.65. The Kier molecular flexibility index (Phi) is 3.27. The summed E-state index contributed by atoms with van der Waals surface area (Å²) in [5.74, 6) is 0.0112. The summed E-state index contributed by atoms with van der Waals surface area (Å²) in [6, 6.07) is 0.333. The highest BCUT2D eigenvalue weighted by Gasteiger charge is 2.29. The van der Waals surface area contributed by atoms with Crippen LogP contribution in [-0.4, -0.2) is 45.2 Å². The first-order valence-corrected chi connectivity index (χ1v) is 5.85. The van der Waals surface area contributed by atoms with Gasteiger partial charge in [0, 0.05) is 19.6 Å². The van der Waals surface area contributed by atoms with Crippen molar-refractivity contribution < 1.29 is 4.79 Å². The molecule has 0 saturated carbocycles. The molecule has 1 amide bonds. The zero-order valence-electron chi connectivity index (χ0n) is 8.64. The molecule has 1 saturated heterocycles. The lowest BCUT2D eigenvalue weighted by Crippen LogP contribution is -2.59. The average molecular weight is 226 g/mol. The Morgan fingerprint density at radius 3 is 3.00 bits per heavy atom. The van der Waals surface area contributed by atoms with Crippen LogP contribution in [-0.2, 0) is 0 Å². The maximum atomic E-state index is 12.0. The maximum Gasteiger partial charge on any atom is 0.275 e. The number of amides is 1. The monoisotopic (exact) mass is 226 g/mol. The fourth-order valence-corrected chi connectivity index (χ4v) is 2.00. The molecule has 0 spiro atoms. The lowest BCUT2D eigenvalue weighted by Gasteiger charge is -2.37. The van der Waals surface area contributed by atoms with Gasteiger partial charge in [-0.05, 0) is 6.42 Å². The van der Waals surface area contributed by atoms with E-state index in [2.05, 4.69) is 21.0 Å². The van der Waals surface area contributed by atoms with Gasteiger partial charge < -0.3 is 10.2 Å². The summed E-state index contributed by atoms with van der Waals surface area (Å²) >= 11 is 1.08. The summed E-state index contributed by atoms with van der Waals surface area (Å²) in [5.41, 5.74) is 0.473. The second-order valence-corrected chi connectivity index (χ2v) is 4.16. The van der Waals surface area contributed by atoms with E-state index < -0.39 is 0 Å². The Hall–Kier alpha value is -1.01. The minimum absolute atomic E-state index is 0.0112. The molecule has 0 aliphatic carbocycles. The van der Waals surface area contributed by atoms with Crippen LogP contribution in [0.15, 0.2) is 6.20 Å². The lowest BCUT2D eigenvalue weighted by atomic mass is 10.1. The van der Waals surface area contributed by atoms with Crippen molar-refractivity contribution in [3.05, 3.63) is 11.9 Å². The second kappa shape index (κ2) is 4.67. The van der Waals surface area contributed by atoms with E-state index in [1.54, 1.807) is 6.20 Å². The molecule has 82 valence electrons. The van der Waals surface area contributed by atoms with Gasteiger partial charge in [0.05, 0.1) is 24.0 Å². The van der Waals surface area contributed by atoms with Crippen molar-refractivity contribution in [2.45, 2.75) is 19.4 Å². The second-order valence-electron chi connectivity index (χ2n) is 3.60. The Bertz CT molecular complexity index is 323. The largest absolute Gasteiger partial charge is 0.332 e. The maximum absolute atomic E-state index is 12.0. The van der Waals surface area contributed by atoms with Gasteiger partial charge in [-0.15, -0.1) is 0 Å². The molecule has 0 unspecified atom stereocenters. The lowest BCUT2D eigenvalue weighted by molar-refractivity contribution is 0.0611. The molecule has 1 aliphatic rings. The van der Waals surface area contributed by atoms with Gasteiger partial charge in [-0.25, -0.2) is 0 Å². The molecule has 6 heteroatoms. The van der Waals surface area contributed by atoms with Crippen LogP contribution in [0.5, 0.6) is 0 Å². The third-order valence-electron chi connectivity index (χ3n) is 2.51. The molecule has 15 heavy (non-hydrogen) atoms. The van der Waals surface area contributed by atoms with Crippen molar-refractivity contribution >= 4 is 17.6 Å². The summed E-state index contributed by atoms with van der Waals surface area (Å²) in [5, 5.41) is 3.17. The van der Waals surface area contributed by atoms with Gasteiger partial charge in [0.1, 0.15) is 0 Å². The Labute approximate surface area is 92.8 Å². The first-order valence-electron chi connectivity index (χ1n) is 5.12. The van der Waals surface area contributed by atoms with Crippen molar-refractivity contribution in [3.8, 4) is 0 Å². The molecular weight excluding hydrogens is 212 g/mol. The molecule has 2 rings (SSSR count). The molecule has 1 aromatic heterocycles. The van der Waals surface area contributed by atoms with E-state index in [0.717, 1.165) is 37.8 Å².